The molecule has 0 saturated carbocycles. The second kappa shape index (κ2) is 8.19. The van der Waals surface area contributed by atoms with E-state index in [2.05, 4.69) is 54.6 Å². The third-order valence-corrected chi connectivity index (χ3v) is 4.18. The van der Waals surface area contributed by atoms with Gasteiger partial charge in [-0.2, -0.15) is 0 Å². The van der Waals surface area contributed by atoms with Gasteiger partial charge in [0.25, 0.3) is 0 Å². The number of hydrogen-bond acceptors (Lipinski definition) is 0. The third-order valence-electron chi connectivity index (χ3n) is 2.80. The van der Waals surface area contributed by atoms with Crippen LogP contribution in [0.2, 0.25) is 0 Å². The molecule has 0 aliphatic carbocycles. The van der Waals surface area contributed by atoms with Gasteiger partial charge in [-0.05, 0) is 49.1 Å². The Morgan fingerprint density at radius 2 is 1.20 bits per heavy atom. The number of halogens is 7. The zero-order chi connectivity index (χ0) is 19.0. The number of rotatable bonds is 6. The summed E-state index contributed by atoms with van der Waals surface area (Å²) >= 11 is 6.96. The number of benzene rings is 2. The van der Waals surface area contributed by atoms with Crippen LogP contribution < -0.4 is 0 Å². The SMILES string of the molecule is ClCCCCc1ccc([SH+]c2ccccc2)cc1.F[P-](F)(F)(F)(F)F. The fraction of sp³-hybridized carbons (Fsp3) is 0.250. The van der Waals surface area contributed by atoms with Gasteiger partial charge < -0.3 is 0 Å². The molecule has 25 heavy (non-hydrogen) atoms. The van der Waals surface area contributed by atoms with Crippen molar-refractivity contribution < 1.29 is 25.2 Å². The van der Waals surface area contributed by atoms with E-state index in [1.165, 1.54) is 33.5 Å². The quantitative estimate of drug-likeness (QED) is 0.111. The van der Waals surface area contributed by atoms with E-state index in [4.69, 9.17) is 11.6 Å². The van der Waals surface area contributed by atoms with Crippen LogP contribution in [0.3, 0.4) is 0 Å². The molecule has 0 N–H and O–H groups in total. The molecule has 142 valence electrons. The van der Waals surface area contributed by atoms with Gasteiger partial charge in [0.1, 0.15) is 0 Å². The molecule has 0 atom stereocenters. The average molecular weight is 423 g/mol. The molecule has 0 aromatic heterocycles. The topological polar surface area (TPSA) is 0 Å². The number of aryl methyl sites for hydroxylation is 1. The molecule has 2 aromatic carbocycles. The van der Waals surface area contributed by atoms with Crippen LogP contribution in [-0.2, 0) is 18.2 Å². The van der Waals surface area contributed by atoms with Crippen LogP contribution in [0, 0.1) is 0 Å². The van der Waals surface area contributed by atoms with Crippen LogP contribution in [0.4, 0.5) is 25.2 Å². The Hall–Kier alpha value is -0.910. The van der Waals surface area contributed by atoms with Gasteiger partial charge in [-0.15, -0.1) is 11.6 Å². The van der Waals surface area contributed by atoms with Gasteiger partial charge >= 0.3 is 33.0 Å². The molecule has 0 nitrogen and oxygen atoms in total. The van der Waals surface area contributed by atoms with Crippen molar-refractivity contribution in [3.8, 4) is 0 Å². The molecule has 0 spiro atoms. The van der Waals surface area contributed by atoms with Crippen molar-refractivity contribution in [3.63, 3.8) is 0 Å². The Bertz CT molecular complexity index is 632. The van der Waals surface area contributed by atoms with Gasteiger partial charge in [0, 0.05) is 17.6 Å². The summed E-state index contributed by atoms with van der Waals surface area (Å²) in [5.74, 6) is 0.769. The van der Waals surface area contributed by atoms with Gasteiger partial charge in [0.15, 0.2) is 9.79 Å². The van der Waals surface area contributed by atoms with E-state index in [1.54, 1.807) is 0 Å². The number of thiol groups is 1. The van der Waals surface area contributed by atoms with Crippen LogP contribution in [0.25, 0.3) is 0 Å². The molecule has 2 aromatic rings. The van der Waals surface area contributed by atoms with Crippen LogP contribution >= 0.6 is 19.4 Å². The molecule has 9 heteroatoms. The molecule has 0 aliphatic heterocycles. The number of unbranched alkanes of at least 4 members (excludes halogenated alkanes) is 1. The van der Waals surface area contributed by atoms with Crippen molar-refractivity contribution in [1.29, 1.82) is 0 Å². The van der Waals surface area contributed by atoms with E-state index in [0.717, 1.165) is 18.7 Å². The molecule has 0 radical (unpaired) electrons. The molecule has 0 saturated heterocycles. The molecular weight excluding hydrogens is 405 g/mol. The minimum atomic E-state index is -10.7. The van der Waals surface area contributed by atoms with E-state index in [1.807, 2.05) is 0 Å². The van der Waals surface area contributed by atoms with Gasteiger partial charge in [-0.3, -0.25) is 0 Å². The first kappa shape index (κ1) is 22.1. The van der Waals surface area contributed by atoms with Crippen LogP contribution in [-0.4, -0.2) is 5.88 Å². The normalized spacial score (nSPS) is 14.0. The Morgan fingerprint density at radius 1 is 0.720 bits per heavy atom. The van der Waals surface area contributed by atoms with E-state index in [-0.39, 0.29) is 0 Å². The Kier molecular flexibility index (Phi) is 7.25. The monoisotopic (exact) mass is 422 g/mol. The molecule has 0 unspecified atom stereocenters. The zero-order valence-corrected chi connectivity index (χ0v) is 15.6. The van der Waals surface area contributed by atoms with Gasteiger partial charge in [-0.25, -0.2) is 0 Å². The van der Waals surface area contributed by atoms with Gasteiger partial charge in [0.2, 0.25) is 0 Å². The molecule has 2 rings (SSSR count). The molecule has 0 bridgehead atoms. The van der Waals surface area contributed by atoms with Crippen LogP contribution in [0.15, 0.2) is 64.4 Å². The summed E-state index contributed by atoms with van der Waals surface area (Å²) in [4.78, 5) is 2.69. The van der Waals surface area contributed by atoms with Gasteiger partial charge in [-0.1, -0.05) is 30.3 Å². The molecule has 0 amide bonds. The van der Waals surface area contributed by atoms with E-state index < -0.39 is 7.81 Å². The summed E-state index contributed by atoms with van der Waals surface area (Å²) in [6.45, 7) is 0. The first-order valence-electron chi connectivity index (χ1n) is 7.31. The second-order valence-electron chi connectivity index (χ2n) is 5.22. The molecule has 0 heterocycles. The number of hydrogen-bond donors (Lipinski definition) is 0. The second-order valence-corrected chi connectivity index (χ2v) is 8.77. The molecule has 0 fully saturated rings. The predicted molar refractivity (Wildman–Crippen MR) is 95.4 cm³/mol. The molecule has 0 aliphatic rings. The minimum absolute atomic E-state index is 0.769. The Morgan fingerprint density at radius 3 is 1.68 bits per heavy atom. The summed E-state index contributed by atoms with van der Waals surface area (Å²) in [6, 6.07) is 19.5. The standard InChI is InChI=1S/C16H17ClS.F6P/c17-13-5-4-6-14-9-11-16(12-10-14)18-15-7-2-1-3-8-15;1-7(2,3,4,5)6/h1-3,7-12H,4-6,13H2;/q;-1/p+1. The maximum atomic E-state index is 9.87. The van der Waals surface area contributed by atoms with Crippen molar-refractivity contribution in [2.75, 3.05) is 5.88 Å². The fourth-order valence-electron chi connectivity index (χ4n) is 1.81. The van der Waals surface area contributed by atoms with E-state index in [0.29, 0.717) is 0 Å². The predicted octanol–water partition coefficient (Wildman–Crippen LogP) is 7.86. The first-order chi connectivity index (χ1) is 11.3. The van der Waals surface area contributed by atoms with Crippen LogP contribution in [0.1, 0.15) is 18.4 Å². The van der Waals surface area contributed by atoms with Crippen molar-refractivity contribution in [2.45, 2.75) is 29.1 Å². The van der Waals surface area contributed by atoms with Gasteiger partial charge in [0.05, 0.1) is 0 Å². The van der Waals surface area contributed by atoms with Crippen LogP contribution in [0.5, 0.6) is 0 Å². The third kappa shape index (κ3) is 15.1. The van der Waals surface area contributed by atoms with E-state index in [9.17, 15) is 25.2 Å². The zero-order valence-electron chi connectivity index (χ0n) is 13.1. The summed E-state index contributed by atoms with van der Waals surface area (Å²) in [5.41, 5.74) is 1.41. The Labute approximate surface area is 151 Å². The maximum absolute atomic E-state index is 10.7. The fourth-order valence-corrected chi connectivity index (χ4v) is 2.92. The van der Waals surface area contributed by atoms with Crippen molar-refractivity contribution in [1.82, 2.24) is 0 Å². The summed E-state index contributed by atoms with van der Waals surface area (Å²) in [5, 5.41) is 0. The summed E-state index contributed by atoms with van der Waals surface area (Å²) in [6.07, 6.45) is 3.42. The molecular formula is C16H18ClF6PS. The van der Waals surface area contributed by atoms with Crippen molar-refractivity contribution >= 4 is 31.2 Å². The van der Waals surface area contributed by atoms with Crippen molar-refractivity contribution in [2.24, 2.45) is 0 Å². The van der Waals surface area contributed by atoms with Crippen molar-refractivity contribution in [3.05, 3.63) is 60.2 Å². The van der Waals surface area contributed by atoms with E-state index >= 15 is 0 Å². The Balaban J connectivity index is 0.000000381. The average Bonchev–Trinajstić information content (AvgIpc) is 2.47. The summed E-state index contributed by atoms with van der Waals surface area (Å²) in [7, 11) is -10.7. The summed E-state index contributed by atoms with van der Waals surface area (Å²) < 4.78 is 59.2. The number of alkyl halides is 1. The first-order valence-corrected chi connectivity index (χ1v) is 10.8.